The third-order valence-electron chi connectivity index (χ3n) is 4.06. The molecule has 1 aliphatic rings. The lowest BCUT2D eigenvalue weighted by molar-refractivity contribution is -0.385. The van der Waals surface area contributed by atoms with E-state index < -0.39 is 16.1 Å². The Kier molecular flexibility index (Phi) is 5.65. The van der Waals surface area contributed by atoms with Gasteiger partial charge in [0.2, 0.25) is 0 Å². The van der Waals surface area contributed by atoms with E-state index in [1.807, 2.05) is 0 Å². The van der Waals surface area contributed by atoms with Crippen LogP contribution in [0.2, 0.25) is 0 Å². The van der Waals surface area contributed by atoms with Crippen molar-refractivity contribution in [2.45, 2.75) is 6.54 Å². The Morgan fingerprint density at radius 2 is 1.75 bits per heavy atom. The second-order valence-electron chi connectivity index (χ2n) is 5.80. The van der Waals surface area contributed by atoms with E-state index in [1.54, 1.807) is 30.3 Å². The summed E-state index contributed by atoms with van der Waals surface area (Å²) in [6.07, 6.45) is 1.56. The van der Waals surface area contributed by atoms with Crippen LogP contribution in [0.3, 0.4) is 0 Å². The fourth-order valence-corrected chi connectivity index (χ4v) is 3.53. The lowest BCUT2D eigenvalue weighted by Gasteiger charge is -2.12. The number of methoxy groups -OCH3 is 2. The van der Waals surface area contributed by atoms with Crippen molar-refractivity contribution in [2.24, 2.45) is 0 Å². The molecule has 0 N–H and O–H groups in total. The molecule has 0 atom stereocenters. The zero-order chi connectivity index (χ0) is 20.3. The lowest BCUT2D eigenvalue weighted by Crippen LogP contribution is -2.27. The number of para-hydroxylation sites is 1. The molecular weight excluding hydrogens is 384 g/mol. The fourth-order valence-electron chi connectivity index (χ4n) is 2.69. The van der Waals surface area contributed by atoms with Crippen molar-refractivity contribution >= 4 is 34.7 Å². The first kappa shape index (κ1) is 19.4. The van der Waals surface area contributed by atoms with Crippen LogP contribution in [0.4, 0.5) is 10.5 Å². The summed E-state index contributed by atoms with van der Waals surface area (Å²) in [5, 5.41) is 10.7. The Balaban J connectivity index is 1.88. The van der Waals surface area contributed by atoms with Gasteiger partial charge in [-0.3, -0.25) is 24.6 Å². The van der Waals surface area contributed by atoms with Crippen LogP contribution in [-0.4, -0.2) is 35.2 Å². The molecule has 9 heteroatoms. The van der Waals surface area contributed by atoms with Crippen molar-refractivity contribution in [2.75, 3.05) is 14.2 Å². The first-order valence-corrected chi connectivity index (χ1v) is 8.95. The Hall–Kier alpha value is -3.33. The largest absolute Gasteiger partial charge is 0.497 e. The van der Waals surface area contributed by atoms with Crippen LogP contribution in [0, 0.1) is 10.1 Å². The van der Waals surface area contributed by atoms with Crippen LogP contribution in [0.15, 0.2) is 47.4 Å². The molecule has 144 valence electrons. The van der Waals surface area contributed by atoms with Gasteiger partial charge in [0.25, 0.3) is 16.8 Å². The SMILES string of the molecule is COc1cc(/C=C2/SC(=O)N(Cc3ccccc3[N+](=O)[O-])C2=O)cc(OC)c1. The highest BCUT2D eigenvalue weighted by Gasteiger charge is 2.36. The summed E-state index contributed by atoms with van der Waals surface area (Å²) in [6, 6.07) is 11.1. The fraction of sp³-hybridized carbons (Fsp3) is 0.158. The van der Waals surface area contributed by atoms with Crippen molar-refractivity contribution in [1.82, 2.24) is 4.90 Å². The first-order chi connectivity index (χ1) is 13.4. The summed E-state index contributed by atoms with van der Waals surface area (Å²) in [6.45, 7) is -0.166. The molecule has 1 fully saturated rings. The minimum Gasteiger partial charge on any atom is -0.497 e. The van der Waals surface area contributed by atoms with Gasteiger partial charge in [-0.25, -0.2) is 0 Å². The quantitative estimate of drug-likeness (QED) is 0.412. The van der Waals surface area contributed by atoms with Gasteiger partial charge in [0.15, 0.2) is 0 Å². The average molecular weight is 400 g/mol. The van der Waals surface area contributed by atoms with Crippen LogP contribution >= 0.6 is 11.8 Å². The number of benzene rings is 2. The highest BCUT2D eigenvalue weighted by molar-refractivity contribution is 8.18. The molecule has 0 spiro atoms. The van der Waals surface area contributed by atoms with Crippen molar-refractivity contribution in [3.63, 3.8) is 0 Å². The molecule has 0 saturated carbocycles. The number of hydrogen-bond donors (Lipinski definition) is 0. The monoisotopic (exact) mass is 400 g/mol. The van der Waals surface area contributed by atoms with Gasteiger partial charge in [-0.05, 0) is 35.5 Å². The summed E-state index contributed by atoms with van der Waals surface area (Å²) in [7, 11) is 3.03. The molecule has 2 aromatic rings. The minimum atomic E-state index is -0.535. The number of imide groups is 1. The number of thioether (sulfide) groups is 1. The van der Waals surface area contributed by atoms with E-state index in [2.05, 4.69) is 0 Å². The van der Waals surface area contributed by atoms with Crippen molar-refractivity contribution in [3.05, 3.63) is 68.6 Å². The maximum absolute atomic E-state index is 12.7. The van der Waals surface area contributed by atoms with E-state index in [4.69, 9.17) is 9.47 Å². The van der Waals surface area contributed by atoms with E-state index >= 15 is 0 Å². The summed E-state index contributed by atoms with van der Waals surface area (Å²) in [5.41, 5.74) is 0.787. The van der Waals surface area contributed by atoms with Crippen LogP contribution in [0.25, 0.3) is 6.08 Å². The van der Waals surface area contributed by atoms with E-state index in [-0.39, 0.29) is 17.1 Å². The topological polar surface area (TPSA) is 99.0 Å². The number of amides is 2. The number of rotatable bonds is 6. The molecule has 0 radical (unpaired) electrons. The Morgan fingerprint density at radius 3 is 2.36 bits per heavy atom. The number of carbonyl (C=O) groups excluding carboxylic acids is 2. The molecule has 1 aliphatic heterocycles. The number of hydrogen-bond acceptors (Lipinski definition) is 7. The van der Waals surface area contributed by atoms with E-state index in [0.29, 0.717) is 22.6 Å². The number of nitro benzene ring substituents is 1. The standard InChI is InChI=1S/C19H16N2O6S/c1-26-14-7-12(8-15(10-14)27-2)9-17-18(22)20(19(23)28-17)11-13-5-3-4-6-16(13)21(24)25/h3-10H,11H2,1-2H3/b17-9+. The van der Waals surface area contributed by atoms with Crippen molar-refractivity contribution in [3.8, 4) is 11.5 Å². The molecule has 2 aromatic carbocycles. The highest BCUT2D eigenvalue weighted by atomic mass is 32.2. The molecule has 1 saturated heterocycles. The molecular formula is C19H16N2O6S. The maximum atomic E-state index is 12.7. The van der Waals surface area contributed by atoms with Gasteiger partial charge in [-0.1, -0.05) is 18.2 Å². The van der Waals surface area contributed by atoms with Gasteiger partial charge >= 0.3 is 0 Å². The van der Waals surface area contributed by atoms with Gasteiger partial charge in [0.05, 0.1) is 30.6 Å². The number of nitrogens with zero attached hydrogens (tertiary/aromatic N) is 2. The summed E-state index contributed by atoms with van der Waals surface area (Å²) >= 11 is 0.784. The van der Waals surface area contributed by atoms with E-state index in [9.17, 15) is 19.7 Å². The molecule has 1 heterocycles. The van der Waals surface area contributed by atoms with Gasteiger partial charge in [-0.2, -0.15) is 0 Å². The Bertz CT molecular complexity index is 966. The minimum absolute atomic E-state index is 0.136. The zero-order valence-corrected chi connectivity index (χ0v) is 15.9. The Labute approximate surface area is 164 Å². The normalized spacial score (nSPS) is 15.2. The van der Waals surface area contributed by atoms with Crippen LogP contribution in [-0.2, 0) is 11.3 Å². The van der Waals surface area contributed by atoms with Crippen LogP contribution in [0.1, 0.15) is 11.1 Å². The molecule has 28 heavy (non-hydrogen) atoms. The maximum Gasteiger partial charge on any atom is 0.293 e. The number of nitro groups is 1. The third kappa shape index (κ3) is 3.99. The van der Waals surface area contributed by atoms with Gasteiger partial charge in [0, 0.05) is 17.7 Å². The first-order valence-electron chi connectivity index (χ1n) is 8.13. The van der Waals surface area contributed by atoms with Crippen LogP contribution < -0.4 is 9.47 Å². The summed E-state index contributed by atoms with van der Waals surface area (Å²) in [5.74, 6) is 0.587. The molecule has 2 amide bonds. The van der Waals surface area contributed by atoms with Gasteiger partial charge in [-0.15, -0.1) is 0 Å². The van der Waals surface area contributed by atoms with Gasteiger partial charge < -0.3 is 9.47 Å². The van der Waals surface area contributed by atoms with Crippen molar-refractivity contribution < 1.29 is 24.0 Å². The molecule has 0 aromatic heterocycles. The highest BCUT2D eigenvalue weighted by Crippen LogP contribution is 2.35. The lowest BCUT2D eigenvalue weighted by atomic mass is 10.1. The zero-order valence-electron chi connectivity index (χ0n) is 15.1. The summed E-state index contributed by atoms with van der Waals surface area (Å²) in [4.78, 5) is 36.9. The van der Waals surface area contributed by atoms with Crippen LogP contribution in [0.5, 0.6) is 11.5 Å². The predicted octanol–water partition coefficient (Wildman–Crippen LogP) is 3.85. The smallest absolute Gasteiger partial charge is 0.293 e. The molecule has 8 nitrogen and oxygen atoms in total. The third-order valence-corrected chi connectivity index (χ3v) is 4.97. The Morgan fingerprint density at radius 1 is 1.11 bits per heavy atom. The predicted molar refractivity (Wildman–Crippen MR) is 104 cm³/mol. The number of carbonyl (C=O) groups is 2. The second kappa shape index (κ2) is 8.13. The molecule has 3 rings (SSSR count). The summed E-state index contributed by atoms with van der Waals surface area (Å²) < 4.78 is 10.4. The van der Waals surface area contributed by atoms with Crippen molar-refractivity contribution in [1.29, 1.82) is 0 Å². The second-order valence-corrected chi connectivity index (χ2v) is 6.79. The number of ether oxygens (including phenoxy) is 2. The molecule has 0 aliphatic carbocycles. The van der Waals surface area contributed by atoms with Gasteiger partial charge in [0.1, 0.15) is 11.5 Å². The molecule has 0 unspecified atom stereocenters. The average Bonchev–Trinajstić information content (AvgIpc) is 2.95. The molecule has 0 bridgehead atoms. The van der Waals surface area contributed by atoms with E-state index in [0.717, 1.165) is 16.7 Å². The van der Waals surface area contributed by atoms with E-state index in [1.165, 1.54) is 32.4 Å².